The van der Waals surface area contributed by atoms with Crippen molar-refractivity contribution in [1.29, 1.82) is 0 Å². The van der Waals surface area contributed by atoms with Gasteiger partial charge in [-0.2, -0.15) is 4.98 Å². The molecule has 0 atom stereocenters. The number of rotatable bonds is 1. The summed E-state index contributed by atoms with van der Waals surface area (Å²) in [5, 5.41) is 0.897. The van der Waals surface area contributed by atoms with E-state index in [0.29, 0.717) is 46.7 Å². The Morgan fingerprint density at radius 3 is 3.05 bits per heavy atom. The Balaban J connectivity index is 1.71. The lowest BCUT2D eigenvalue weighted by Gasteiger charge is -2.29. The summed E-state index contributed by atoms with van der Waals surface area (Å²) >= 11 is 7.23. The van der Waals surface area contributed by atoms with Crippen molar-refractivity contribution >= 4 is 44.4 Å². The molecular weight excluding hydrogens is 325 g/mol. The van der Waals surface area contributed by atoms with Crippen LogP contribution >= 0.6 is 22.9 Å². The minimum absolute atomic E-state index is 0.282. The topological polar surface area (TPSA) is 67.9 Å². The molecule has 3 heterocycles. The first-order valence-electron chi connectivity index (χ1n) is 6.71. The molecule has 4 rings (SSSR count). The van der Waals surface area contributed by atoms with Gasteiger partial charge in [0.2, 0.25) is 5.95 Å². The second-order valence-electron chi connectivity index (χ2n) is 5.11. The van der Waals surface area contributed by atoms with Gasteiger partial charge in [0.25, 0.3) is 0 Å². The van der Waals surface area contributed by atoms with Crippen LogP contribution in [0.3, 0.4) is 0 Å². The molecule has 0 spiro atoms. The zero-order valence-electron chi connectivity index (χ0n) is 11.4. The number of fused-ring (bicyclic) bond motifs is 2. The highest BCUT2D eigenvalue weighted by Crippen LogP contribution is 2.29. The molecule has 5 nitrogen and oxygen atoms in total. The van der Waals surface area contributed by atoms with E-state index in [0.717, 1.165) is 10.4 Å². The van der Waals surface area contributed by atoms with E-state index >= 15 is 0 Å². The maximum absolute atomic E-state index is 14.1. The summed E-state index contributed by atoms with van der Waals surface area (Å²) in [6.45, 7) is 1.14. The van der Waals surface area contributed by atoms with Gasteiger partial charge < -0.3 is 10.6 Å². The zero-order chi connectivity index (χ0) is 15.3. The Kier molecular flexibility index (Phi) is 3.12. The smallest absolute Gasteiger partial charge is 0.227 e. The third kappa shape index (κ3) is 2.26. The van der Waals surface area contributed by atoms with E-state index in [-0.39, 0.29) is 5.82 Å². The molecule has 0 saturated carbocycles. The van der Waals surface area contributed by atoms with Gasteiger partial charge in [0.05, 0.1) is 6.20 Å². The number of anilines is 2. The van der Waals surface area contributed by atoms with Gasteiger partial charge in [0.15, 0.2) is 9.96 Å². The Hall–Kier alpha value is -1.99. The molecule has 1 aromatic carbocycles. The normalized spacial score (nSPS) is 14.4. The predicted molar refractivity (Wildman–Crippen MR) is 85.8 cm³/mol. The minimum Gasteiger partial charge on any atom is -0.375 e. The molecule has 0 aliphatic carbocycles. The van der Waals surface area contributed by atoms with Gasteiger partial charge in [0, 0.05) is 23.7 Å². The Bertz CT molecular complexity index is 881. The highest BCUT2D eigenvalue weighted by Gasteiger charge is 2.22. The van der Waals surface area contributed by atoms with Crippen molar-refractivity contribution in [2.45, 2.75) is 13.0 Å². The maximum atomic E-state index is 14.1. The number of aromatic nitrogens is 3. The lowest BCUT2D eigenvalue weighted by Crippen LogP contribution is -2.32. The minimum atomic E-state index is -0.282. The monoisotopic (exact) mass is 335 g/mol. The van der Waals surface area contributed by atoms with Gasteiger partial charge in [-0.15, -0.1) is 0 Å². The molecule has 2 N–H and O–H groups in total. The van der Waals surface area contributed by atoms with Crippen LogP contribution in [-0.4, -0.2) is 21.5 Å². The van der Waals surface area contributed by atoms with Crippen LogP contribution in [0.1, 0.15) is 11.1 Å². The van der Waals surface area contributed by atoms with Gasteiger partial charge in [-0.25, -0.2) is 14.4 Å². The molecule has 0 bridgehead atoms. The van der Waals surface area contributed by atoms with E-state index in [1.165, 1.54) is 17.4 Å². The summed E-state index contributed by atoms with van der Waals surface area (Å²) in [7, 11) is 0. The van der Waals surface area contributed by atoms with Crippen molar-refractivity contribution in [1.82, 2.24) is 15.0 Å². The van der Waals surface area contributed by atoms with Crippen LogP contribution in [0.15, 0.2) is 18.3 Å². The Labute approximate surface area is 134 Å². The second kappa shape index (κ2) is 5.03. The number of nitrogens with zero attached hydrogens (tertiary/aromatic N) is 4. The first-order valence-corrected chi connectivity index (χ1v) is 7.90. The average molecular weight is 336 g/mol. The summed E-state index contributed by atoms with van der Waals surface area (Å²) in [6, 6.07) is 3.17. The summed E-state index contributed by atoms with van der Waals surface area (Å²) in [6.07, 6.45) is 2.36. The lowest BCUT2D eigenvalue weighted by atomic mass is 9.99. The van der Waals surface area contributed by atoms with E-state index in [1.54, 1.807) is 6.20 Å². The van der Waals surface area contributed by atoms with Gasteiger partial charge in [-0.1, -0.05) is 22.9 Å². The number of nitrogens with two attached hydrogens (primary N) is 1. The van der Waals surface area contributed by atoms with Crippen molar-refractivity contribution in [2.24, 2.45) is 0 Å². The van der Waals surface area contributed by atoms with Crippen LogP contribution < -0.4 is 10.6 Å². The summed E-state index contributed by atoms with van der Waals surface area (Å²) < 4.78 is 14.1. The number of hydrogen-bond acceptors (Lipinski definition) is 6. The number of nitrogen functional groups attached to an aromatic ring is 1. The van der Waals surface area contributed by atoms with Gasteiger partial charge in [0.1, 0.15) is 11.3 Å². The fourth-order valence-electron chi connectivity index (χ4n) is 2.65. The van der Waals surface area contributed by atoms with Crippen molar-refractivity contribution in [3.05, 3.63) is 40.3 Å². The van der Waals surface area contributed by atoms with Crippen LogP contribution in [0.25, 0.3) is 10.3 Å². The third-order valence-corrected chi connectivity index (χ3v) is 4.70. The third-order valence-electron chi connectivity index (χ3n) is 3.69. The SMILES string of the molecule is Nc1nc2cnc(N3CCc4cc(Cl)cc(F)c4C3)nc2s1. The number of thiazole rings is 1. The van der Waals surface area contributed by atoms with Crippen molar-refractivity contribution in [3.63, 3.8) is 0 Å². The van der Waals surface area contributed by atoms with Crippen LogP contribution in [0, 0.1) is 5.82 Å². The summed E-state index contributed by atoms with van der Waals surface area (Å²) in [5.74, 6) is 0.284. The number of hydrogen-bond donors (Lipinski definition) is 1. The van der Waals surface area contributed by atoms with Crippen LogP contribution in [0.2, 0.25) is 5.02 Å². The van der Waals surface area contributed by atoms with Crippen LogP contribution in [0.4, 0.5) is 15.5 Å². The molecular formula is C14H11ClFN5S. The highest BCUT2D eigenvalue weighted by molar-refractivity contribution is 7.21. The molecule has 112 valence electrons. The highest BCUT2D eigenvalue weighted by atomic mass is 35.5. The Morgan fingerprint density at radius 1 is 1.32 bits per heavy atom. The molecule has 22 heavy (non-hydrogen) atoms. The summed E-state index contributed by atoms with van der Waals surface area (Å²) in [5.41, 5.74) is 7.97. The zero-order valence-corrected chi connectivity index (χ0v) is 13.0. The van der Waals surface area contributed by atoms with E-state index < -0.39 is 0 Å². The van der Waals surface area contributed by atoms with Crippen molar-refractivity contribution in [3.8, 4) is 0 Å². The first-order chi connectivity index (χ1) is 10.6. The maximum Gasteiger partial charge on any atom is 0.227 e. The van der Waals surface area contributed by atoms with Crippen LogP contribution in [0.5, 0.6) is 0 Å². The molecule has 1 aliphatic heterocycles. The fourth-order valence-corrected chi connectivity index (χ4v) is 3.55. The van der Waals surface area contributed by atoms with Gasteiger partial charge >= 0.3 is 0 Å². The molecule has 1 aliphatic rings. The average Bonchev–Trinajstić information content (AvgIpc) is 2.86. The molecule has 0 amide bonds. The Morgan fingerprint density at radius 2 is 2.18 bits per heavy atom. The lowest BCUT2D eigenvalue weighted by molar-refractivity contribution is 0.585. The predicted octanol–water partition coefficient (Wildman–Crippen LogP) is 3.02. The number of benzene rings is 1. The standard InChI is InChI=1S/C14H11ClFN5S/c15-8-3-7-1-2-21(6-9(7)10(16)4-8)14-18-5-11-12(20-14)22-13(17)19-11/h3-5H,1-2,6H2,(H2,17,19). The largest absolute Gasteiger partial charge is 0.375 e. The summed E-state index contributed by atoms with van der Waals surface area (Å²) in [4.78, 5) is 15.6. The molecule has 2 aromatic heterocycles. The first kappa shape index (κ1) is 13.7. The fraction of sp³-hybridized carbons (Fsp3) is 0.214. The van der Waals surface area contributed by atoms with Crippen molar-refractivity contribution in [2.75, 3.05) is 17.2 Å². The van der Waals surface area contributed by atoms with E-state index in [4.69, 9.17) is 17.3 Å². The van der Waals surface area contributed by atoms with Crippen LogP contribution in [-0.2, 0) is 13.0 Å². The van der Waals surface area contributed by atoms with Crippen molar-refractivity contribution < 1.29 is 4.39 Å². The molecule has 0 saturated heterocycles. The number of halogens is 2. The van der Waals surface area contributed by atoms with E-state index in [9.17, 15) is 4.39 Å². The molecule has 8 heteroatoms. The second-order valence-corrected chi connectivity index (χ2v) is 6.55. The van der Waals surface area contributed by atoms with Gasteiger partial charge in [-0.05, 0) is 24.1 Å². The van der Waals surface area contributed by atoms with E-state index in [2.05, 4.69) is 15.0 Å². The molecule has 0 unspecified atom stereocenters. The molecule has 3 aromatic rings. The quantitative estimate of drug-likeness (QED) is 0.740. The molecule has 0 radical (unpaired) electrons. The van der Waals surface area contributed by atoms with Gasteiger partial charge in [-0.3, -0.25) is 0 Å². The molecule has 0 fully saturated rings. The van der Waals surface area contributed by atoms with E-state index in [1.807, 2.05) is 11.0 Å².